The van der Waals surface area contributed by atoms with Crippen molar-refractivity contribution < 1.29 is 9.53 Å². The summed E-state index contributed by atoms with van der Waals surface area (Å²) < 4.78 is 5.08. The Balaban J connectivity index is 2.12. The Kier molecular flexibility index (Phi) is 5.29. The molecule has 0 atom stereocenters. The fourth-order valence-corrected chi connectivity index (χ4v) is 3.42. The standard InChI is InChI=1S/C15H24N2O2S/c1-3-5-6-9-17-14-11(10-7-8-10)12(16)13(20-14)15(18)19-4-2/h10,17H,3-9,16H2,1-2H3. The molecule has 4 nitrogen and oxygen atoms in total. The molecular weight excluding hydrogens is 272 g/mol. The summed E-state index contributed by atoms with van der Waals surface area (Å²) in [6.45, 7) is 5.33. The van der Waals surface area contributed by atoms with Crippen LogP contribution in [0.4, 0.5) is 10.7 Å². The summed E-state index contributed by atoms with van der Waals surface area (Å²) in [4.78, 5) is 12.5. The summed E-state index contributed by atoms with van der Waals surface area (Å²) in [5.41, 5.74) is 7.96. The summed E-state index contributed by atoms with van der Waals surface area (Å²) in [6, 6.07) is 0. The molecule has 1 aliphatic rings. The number of unbranched alkanes of at least 4 members (excludes halogenated alkanes) is 2. The average molecular weight is 296 g/mol. The minimum atomic E-state index is -0.293. The Morgan fingerprint density at radius 2 is 2.15 bits per heavy atom. The van der Waals surface area contributed by atoms with Crippen molar-refractivity contribution in [2.75, 3.05) is 24.2 Å². The third-order valence-corrected chi connectivity index (χ3v) is 4.65. The van der Waals surface area contributed by atoms with Crippen molar-refractivity contribution in [2.24, 2.45) is 0 Å². The highest BCUT2D eigenvalue weighted by Crippen LogP contribution is 2.50. The first-order chi connectivity index (χ1) is 9.69. The van der Waals surface area contributed by atoms with Gasteiger partial charge in [0.1, 0.15) is 4.88 Å². The molecule has 0 unspecified atom stereocenters. The summed E-state index contributed by atoms with van der Waals surface area (Å²) in [5.74, 6) is 0.238. The highest BCUT2D eigenvalue weighted by molar-refractivity contribution is 7.18. The number of nitrogens with one attached hydrogen (secondary N) is 1. The van der Waals surface area contributed by atoms with Crippen LogP contribution in [0.5, 0.6) is 0 Å². The monoisotopic (exact) mass is 296 g/mol. The van der Waals surface area contributed by atoms with E-state index in [0.29, 0.717) is 23.1 Å². The second-order valence-electron chi connectivity index (χ2n) is 5.22. The van der Waals surface area contributed by atoms with E-state index in [0.717, 1.165) is 23.5 Å². The first-order valence-electron chi connectivity index (χ1n) is 7.52. The quantitative estimate of drug-likeness (QED) is 0.562. The number of hydrogen-bond donors (Lipinski definition) is 2. The lowest BCUT2D eigenvalue weighted by Gasteiger charge is -2.06. The van der Waals surface area contributed by atoms with Crippen LogP contribution in [0.25, 0.3) is 0 Å². The Morgan fingerprint density at radius 3 is 2.75 bits per heavy atom. The van der Waals surface area contributed by atoms with Gasteiger partial charge in [0.25, 0.3) is 0 Å². The van der Waals surface area contributed by atoms with E-state index < -0.39 is 0 Å². The van der Waals surface area contributed by atoms with Gasteiger partial charge in [-0.3, -0.25) is 0 Å². The maximum Gasteiger partial charge on any atom is 0.350 e. The SMILES string of the molecule is CCCCCNc1sc(C(=O)OCC)c(N)c1C1CC1. The largest absolute Gasteiger partial charge is 0.462 e. The van der Waals surface area contributed by atoms with Gasteiger partial charge in [-0.1, -0.05) is 19.8 Å². The van der Waals surface area contributed by atoms with Crippen LogP contribution in [-0.4, -0.2) is 19.1 Å². The van der Waals surface area contributed by atoms with Crippen molar-refractivity contribution in [1.82, 2.24) is 0 Å². The number of thiophene rings is 1. The number of nitrogen functional groups attached to an aromatic ring is 1. The van der Waals surface area contributed by atoms with Crippen LogP contribution >= 0.6 is 11.3 Å². The second-order valence-corrected chi connectivity index (χ2v) is 6.24. The Labute approximate surface area is 124 Å². The molecule has 0 aliphatic heterocycles. The number of esters is 1. The molecule has 5 heteroatoms. The molecule has 0 aromatic carbocycles. The van der Waals surface area contributed by atoms with Crippen LogP contribution in [0.15, 0.2) is 0 Å². The average Bonchev–Trinajstić information content (AvgIpc) is 3.20. The third-order valence-electron chi connectivity index (χ3n) is 3.50. The third kappa shape index (κ3) is 3.45. The van der Waals surface area contributed by atoms with Gasteiger partial charge in [0.05, 0.1) is 17.3 Å². The van der Waals surface area contributed by atoms with Gasteiger partial charge < -0.3 is 15.8 Å². The normalized spacial score (nSPS) is 14.3. The lowest BCUT2D eigenvalue weighted by Crippen LogP contribution is -2.05. The summed E-state index contributed by atoms with van der Waals surface area (Å²) >= 11 is 1.45. The van der Waals surface area contributed by atoms with Gasteiger partial charge >= 0.3 is 5.97 Å². The van der Waals surface area contributed by atoms with E-state index in [9.17, 15) is 4.79 Å². The number of carbonyl (C=O) groups is 1. The second kappa shape index (κ2) is 6.97. The van der Waals surface area contributed by atoms with E-state index in [4.69, 9.17) is 10.5 Å². The van der Waals surface area contributed by atoms with Crippen LogP contribution in [0.2, 0.25) is 0 Å². The molecule has 1 aromatic rings. The highest BCUT2D eigenvalue weighted by Gasteiger charge is 2.33. The van der Waals surface area contributed by atoms with Crippen LogP contribution in [0.1, 0.15) is 67.1 Å². The van der Waals surface area contributed by atoms with Gasteiger partial charge in [0.2, 0.25) is 0 Å². The fourth-order valence-electron chi connectivity index (χ4n) is 2.29. The fraction of sp³-hybridized carbons (Fsp3) is 0.667. The van der Waals surface area contributed by atoms with Crippen molar-refractivity contribution in [1.29, 1.82) is 0 Å². The molecule has 1 aromatic heterocycles. The summed E-state index contributed by atoms with van der Waals surface area (Å²) in [6.07, 6.45) is 5.92. The van der Waals surface area contributed by atoms with E-state index in [2.05, 4.69) is 12.2 Å². The zero-order valence-electron chi connectivity index (χ0n) is 12.3. The van der Waals surface area contributed by atoms with E-state index in [1.165, 1.54) is 37.0 Å². The smallest absolute Gasteiger partial charge is 0.350 e. The molecule has 0 radical (unpaired) electrons. The molecule has 20 heavy (non-hydrogen) atoms. The van der Waals surface area contributed by atoms with Crippen LogP contribution < -0.4 is 11.1 Å². The van der Waals surface area contributed by atoms with Gasteiger partial charge in [-0.15, -0.1) is 11.3 Å². The number of rotatable bonds is 8. The van der Waals surface area contributed by atoms with Gasteiger partial charge in [-0.2, -0.15) is 0 Å². The predicted molar refractivity (Wildman–Crippen MR) is 84.7 cm³/mol. The molecule has 0 saturated heterocycles. The van der Waals surface area contributed by atoms with Gasteiger partial charge in [0.15, 0.2) is 0 Å². The van der Waals surface area contributed by atoms with Gasteiger partial charge in [-0.25, -0.2) is 4.79 Å². The Bertz CT molecular complexity index is 467. The minimum Gasteiger partial charge on any atom is -0.462 e. The highest BCUT2D eigenvalue weighted by atomic mass is 32.1. The van der Waals surface area contributed by atoms with Crippen molar-refractivity contribution in [3.05, 3.63) is 10.4 Å². The molecule has 112 valence electrons. The number of nitrogens with two attached hydrogens (primary N) is 1. The first kappa shape index (κ1) is 15.2. The summed E-state index contributed by atoms with van der Waals surface area (Å²) in [5, 5.41) is 4.53. The molecule has 1 heterocycles. The molecule has 1 fully saturated rings. The maximum atomic E-state index is 11.9. The van der Waals surface area contributed by atoms with Crippen LogP contribution in [0, 0.1) is 0 Å². The van der Waals surface area contributed by atoms with Crippen molar-refractivity contribution in [2.45, 2.75) is 51.9 Å². The molecule has 1 saturated carbocycles. The van der Waals surface area contributed by atoms with Gasteiger partial charge in [-0.05, 0) is 32.1 Å². The lowest BCUT2D eigenvalue weighted by atomic mass is 10.1. The van der Waals surface area contributed by atoms with E-state index in [1.807, 2.05) is 6.92 Å². The minimum absolute atomic E-state index is 0.293. The molecule has 2 rings (SSSR count). The maximum absolute atomic E-state index is 11.9. The molecule has 1 aliphatic carbocycles. The number of ether oxygens (including phenoxy) is 1. The Morgan fingerprint density at radius 1 is 1.40 bits per heavy atom. The zero-order chi connectivity index (χ0) is 14.5. The lowest BCUT2D eigenvalue weighted by molar-refractivity contribution is 0.0533. The molecule has 0 amide bonds. The first-order valence-corrected chi connectivity index (χ1v) is 8.33. The van der Waals surface area contributed by atoms with Crippen LogP contribution in [-0.2, 0) is 4.74 Å². The summed E-state index contributed by atoms with van der Waals surface area (Å²) in [7, 11) is 0. The number of carbonyl (C=O) groups excluding carboxylic acids is 1. The number of hydrogen-bond acceptors (Lipinski definition) is 5. The molecule has 3 N–H and O–H groups in total. The molecule has 0 spiro atoms. The van der Waals surface area contributed by atoms with Crippen LogP contribution in [0.3, 0.4) is 0 Å². The van der Waals surface area contributed by atoms with Crippen molar-refractivity contribution >= 4 is 28.0 Å². The molecular formula is C15H24N2O2S. The topological polar surface area (TPSA) is 64.3 Å². The Hall–Kier alpha value is -1.23. The van der Waals surface area contributed by atoms with Crippen molar-refractivity contribution in [3.63, 3.8) is 0 Å². The number of anilines is 2. The van der Waals surface area contributed by atoms with E-state index in [1.54, 1.807) is 0 Å². The van der Waals surface area contributed by atoms with E-state index in [-0.39, 0.29) is 5.97 Å². The zero-order valence-corrected chi connectivity index (χ0v) is 13.1. The van der Waals surface area contributed by atoms with E-state index >= 15 is 0 Å². The van der Waals surface area contributed by atoms with Crippen molar-refractivity contribution in [3.8, 4) is 0 Å². The van der Waals surface area contributed by atoms with Gasteiger partial charge in [0, 0.05) is 12.1 Å². The molecule has 0 bridgehead atoms. The predicted octanol–water partition coefficient (Wildman–Crippen LogP) is 3.99.